The van der Waals surface area contributed by atoms with Crippen LogP contribution in [0.3, 0.4) is 0 Å². The highest BCUT2D eigenvalue weighted by atomic mass is 35.5. The fraction of sp³-hybridized carbons (Fsp3) is 0.160. The van der Waals surface area contributed by atoms with E-state index in [9.17, 15) is 14.4 Å². The summed E-state index contributed by atoms with van der Waals surface area (Å²) in [5.41, 5.74) is 2.04. The fourth-order valence-electron chi connectivity index (χ4n) is 3.76. The molecule has 7 heteroatoms. The summed E-state index contributed by atoms with van der Waals surface area (Å²) in [5, 5.41) is 6.06. The first kappa shape index (κ1) is 21.6. The minimum atomic E-state index is -1.26. The van der Waals surface area contributed by atoms with E-state index >= 15 is 0 Å². The Morgan fingerprint density at radius 1 is 0.969 bits per heavy atom. The third-order valence-corrected chi connectivity index (χ3v) is 5.78. The molecule has 0 radical (unpaired) electrons. The minimum Gasteiger partial charge on any atom is -0.324 e. The van der Waals surface area contributed by atoms with Gasteiger partial charge in [0.1, 0.15) is 12.1 Å². The molecule has 1 heterocycles. The maximum absolute atomic E-state index is 13.0. The number of nitrogens with one attached hydrogen (secondary N) is 2. The van der Waals surface area contributed by atoms with Gasteiger partial charge in [0.15, 0.2) is 0 Å². The number of para-hydroxylation sites is 1. The smallest absolute Gasteiger partial charge is 0.324 e. The SMILES string of the molecule is CC1(c2ccc(Cl)cc2)NC(=O)N(CC(=O)Nc2ccccc2Cc2ccccc2)C1=O. The van der Waals surface area contributed by atoms with Crippen LogP contribution in [0, 0.1) is 0 Å². The average Bonchev–Trinajstić information content (AvgIpc) is 3.00. The lowest BCUT2D eigenvalue weighted by Crippen LogP contribution is -2.42. The lowest BCUT2D eigenvalue weighted by atomic mass is 9.92. The van der Waals surface area contributed by atoms with Crippen molar-refractivity contribution in [1.82, 2.24) is 10.2 Å². The van der Waals surface area contributed by atoms with Gasteiger partial charge in [-0.2, -0.15) is 0 Å². The summed E-state index contributed by atoms with van der Waals surface area (Å²) in [6.07, 6.45) is 0.648. The second kappa shape index (κ2) is 8.85. The van der Waals surface area contributed by atoms with Gasteiger partial charge >= 0.3 is 6.03 Å². The van der Waals surface area contributed by atoms with Crippen LogP contribution in [0.25, 0.3) is 0 Å². The molecule has 162 valence electrons. The van der Waals surface area contributed by atoms with Gasteiger partial charge in [-0.05, 0) is 48.2 Å². The molecule has 4 rings (SSSR count). The number of rotatable bonds is 6. The fourth-order valence-corrected chi connectivity index (χ4v) is 3.89. The number of halogens is 1. The molecule has 1 saturated heterocycles. The van der Waals surface area contributed by atoms with Crippen LogP contribution in [0.2, 0.25) is 5.02 Å². The molecule has 1 fully saturated rings. The van der Waals surface area contributed by atoms with Crippen LogP contribution in [0.4, 0.5) is 10.5 Å². The molecule has 3 aromatic carbocycles. The van der Waals surface area contributed by atoms with Crippen LogP contribution in [0.15, 0.2) is 78.9 Å². The molecule has 2 N–H and O–H groups in total. The van der Waals surface area contributed by atoms with Crippen LogP contribution in [0.5, 0.6) is 0 Å². The topological polar surface area (TPSA) is 78.5 Å². The molecule has 1 aliphatic rings. The average molecular weight is 448 g/mol. The van der Waals surface area contributed by atoms with E-state index in [0.717, 1.165) is 16.0 Å². The summed E-state index contributed by atoms with van der Waals surface area (Å²) in [7, 11) is 0. The molecule has 1 aliphatic heterocycles. The largest absolute Gasteiger partial charge is 0.325 e. The van der Waals surface area contributed by atoms with Crippen LogP contribution < -0.4 is 10.6 Å². The Morgan fingerprint density at radius 3 is 2.34 bits per heavy atom. The van der Waals surface area contributed by atoms with Crippen molar-refractivity contribution in [2.45, 2.75) is 18.9 Å². The maximum atomic E-state index is 13.0. The number of nitrogens with zero attached hydrogens (tertiary/aromatic N) is 1. The van der Waals surface area contributed by atoms with Crippen LogP contribution >= 0.6 is 11.6 Å². The number of anilines is 1. The highest BCUT2D eigenvalue weighted by Gasteiger charge is 2.49. The van der Waals surface area contributed by atoms with E-state index < -0.39 is 23.4 Å². The predicted octanol–water partition coefficient (Wildman–Crippen LogP) is 4.34. The summed E-state index contributed by atoms with van der Waals surface area (Å²) in [6.45, 7) is 1.23. The number of hydrogen-bond donors (Lipinski definition) is 2. The van der Waals surface area contributed by atoms with E-state index in [1.54, 1.807) is 37.3 Å². The van der Waals surface area contributed by atoms with Gasteiger partial charge in [-0.3, -0.25) is 14.5 Å². The number of urea groups is 1. The van der Waals surface area contributed by atoms with Gasteiger partial charge in [0.05, 0.1) is 0 Å². The molecule has 4 amide bonds. The molecule has 0 spiro atoms. The van der Waals surface area contributed by atoms with E-state index in [1.807, 2.05) is 48.5 Å². The molecule has 6 nitrogen and oxygen atoms in total. The van der Waals surface area contributed by atoms with Gasteiger partial charge in [-0.25, -0.2) is 4.79 Å². The number of imide groups is 1. The highest BCUT2D eigenvalue weighted by Crippen LogP contribution is 2.29. The van der Waals surface area contributed by atoms with Gasteiger partial charge in [0, 0.05) is 10.7 Å². The Labute approximate surface area is 191 Å². The summed E-state index contributed by atoms with van der Waals surface area (Å²) in [5.74, 6) is -0.938. The third kappa shape index (κ3) is 4.36. The van der Waals surface area contributed by atoms with Crippen molar-refractivity contribution in [3.63, 3.8) is 0 Å². The monoisotopic (exact) mass is 447 g/mol. The van der Waals surface area contributed by atoms with Crippen LogP contribution in [-0.4, -0.2) is 29.3 Å². The zero-order valence-electron chi connectivity index (χ0n) is 17.5. The van der Waals surface area contributed by atoms with Gasteiger partial charge < -0.3 is 10.6 Å². The quantitative estimate of drug-likeness (QED) is 0.552. The predicted molar refractivity (Wildman–Crippen MR) is 123 cm³/mol. The zero-order valence-corrected chi connectivity index (χ0v) is 18.2. The number of amides is 4. The van der Waals surface area contributed by atoms with Crippen molar-refractivity contribution in [2.75, 3.05) is 11.9 Å². The summed E-state index contributed by atoms with van der Waals surface area (Å²) >= 11 is 5.93. The van der Waals surface area contributed by atoms with Crippen LogP contribution in [0.1, 0.15) is 23.6 Å². The number of carbonyl (C=O) groups excluding carboxylic acids is 3. The van der Waals surface area contributed by atoms with Crippen molar-refractivity contribution in [3.8, 4) is 0 Å². The first-order valence-corrected chi connectivity index (χ1v) is 10.6. The second-order valence-corrected chi connectivity index (χ2v) is 8.26. The lowest BCUT2D eigenvalue weighted by Gasteiger charge is -2.22. The number of carbonyl (C=O) groups is 3. The van der Waals surface area contributed by atoms with Crippen molar-refractivity contribution in [2.24, 2.45) is 0 Å². The zero-order chi connectivity index (χ0) is 22.7. The van der Waals surface area contributed by atoms with Crippen molar-refractivity contribution in [1.29, 1.82) is 0 Å². The molecular formula is C25H22ClN3O3. The third-order valence-electron chi connectivity index (χ3n) is 5.53. The molecule has 0 bridgehead atoms. The van der Waals surface area contributed by atoms with Gasteiger partial charge in [0.25, 0.3) is 5.91 Å². The molecule has 32 heavy (non-hydrogen) atoms. The molecular weight excluding hydrogens is 426 g/mol. The Balaban J connectivity index is 1.47. The lowest BCUT2D eigenvalue weighted by molar-refractivity contribution is -0.133. The normalized spacial score (nSPS) is 17.9. The molecule has 0 aliphatic carbocycles. The minimum absolute atomic E-state index is 0.381. The van der Waals surface area contributed by atoms with E-state index in [1.165, 1.54) is 0 Å². The van der Waals surface area contributed by atoms with E-state index in [0.29, 0.717) is 22.7 Å². The van der Waals surface area contributed by atoms with E-state index in [-0.39, 0.29) is 6.54 Å². The first-order valence-electron chi connectivity index (χ1n) is 10.2. The van der Waals surface area contributed by atoms with E-state index in [2.05, 4.69) is 10.6 Å². The Kier molecular flexibility index (Phi) is 5.97. The maximum Gasteiger partial charge on any atom is 0.325 e. The summed E-state index contributed by atoms with van der Waals surface area (Å²) in [4.78, 5) is 39.3. The van der Waals surface area contributed by atoms with Crippen LogP contribution in [-0.2, 0) is 21.5 Å². The second-order valence-electron chi connectivity index (χ2n) is 7.82. The van der Waals surface area contributed by atoms with Gasteiger partial charge in [-0.15, -0.1) is 0 Å². The Morgan fingerprint density at radius 2 is 1.62 bits per heavy atom. The molecule has 1 atom stereocenters. The van der Waals surface area contributed by atoms with Crippen molar-refractivity contribution >= 4 is 35.1 Å². The molecule has 3 aromatic rings. The molecule has 0 saturated carbocycles. The first-order chi connectivity index (χ1) is 15.4. The number of hydrogen-bond acceptors (Lipinski definition) is 3. The standard InChI is InChI=1S/C25H22ClN3O3/c1-25(19-11-13-20(26)14-12-19)23(31)29(24(32)28-25)16-22(30)27-21-10-6-5-9-18(21)15-17-7-3-2-4-8-17/h2-14H,15-16H2,1H3,(H,27,30)(H,28,32). The Bertz CT molecular complexity index is 1160. The van der Waals surface area contributed by atoms with E-state index in [4.69, 9.17) is 11.6 Å². The highest BCUT2D eigenvalue weighted by molar-refractivity contribution is 6.30. The molecule has 0 aromatic heterocycles. The van der Waals surface area contributed by atoms with Crippen molar-refractivity contribution in [3.05, 3.63) is 101 Å². The summed E-state index contributed by atoms with van der Waals surface area (Å²) in [6, 6.07) is 23.5. The van der Waals surface area contributed by atoms with Gasteiger partial charge in [0.2, 0.25) is 5.91 Å². The Hall–Kier alpha value is -3.64. The van der Waals surface area contributed by atoms with Crippen molar-refractivity contribution < 1.29 is 14.4 Å². The van der Waals surface area contributed by atoms with Gasteiger partial charge in [-0.1, -0.05) is 72.3 Å². The number of benzene rings is 3. The summed E-state index contributed by atoms with van der Waals surface area (Å²) < 4.78 is 0. The molecule has 1 unspecified atom stereocenters.